The zero-order chi connectivity index (χ0) is 20.8. The maximum atomic E-state index is 12.2. The molecular weight excluding hydrogens is 408 g/mol. The predicted molar refractivity (Wildman–Crippen MR) is 101 cm³/mol. The Balaban J connectivity index is 1.75. The third-order valence-electron chi connectivity index (χ3n) is 3.88. The Morgan fingerprint density at radius 3 is 2.93 bits per heavy atom. The van der Waals surface area contributed by atoms with E-state index in [2.05, 4.69) is 20.4 Å². The fourth-order valence-corrected chi connectivity index (χ4v) is 2.91. The number of fused-ring (bicyclic) bond motifs is 1. The first-order valence-corrected chi connectivity index (χ1v) is 9.08. The van der Waals surface area contributed by atoms with Crippen LogP contribution in [0.1, 0.15) is 11.3 Å². The van der Waals surface area contributed by atoms with Crippen LogP contribution >= 0.6 is 11.6 Å². The van der Waals surface area contributed by atoms with Gasteiger partial charge in [-0.05, 0) is 17.7 Å². The second-order valence-corrected chi connectivity index (χ2v) is 6.51. The lowest BCUT2D eigenvalue weighted by molar-refractivity contribution is -0.120. The summed E-state index contributed by atoms with van der Waals surface area (Å²) in [6.45, 7) is -0.409. The van der Waals surface area contributed by atoms with Gasteiger partial charge in [0.05, 0.1) is 30.8 Å². The number of aliphatic hydroxyl groups excluding tert-OH is 1. The van der Waals surface area contributed by atoms with Crippen LogP contribution in [0.2, 0.25) is 5.02 Å². The monoisotopic (exact) mass is 425 g/mol. The van der Waals surface area contributed by atoms with Crippen molar-refractivity contribution in [2.75, 3.05) is 19.8 Å². The number of carbonyl (C=O) groups is 1. The van der Waals surface area contributed by atoms with Gasteiger partial charge in [-0.1, -0.05) is 11.6 Å². The van der Waals surface area contributed by atoms with Crippen molar-refractivity contribution in [3.8, 4) is 5.88 Å². The number of pyridine rings is 2. The first-order chi connectivity index (χ1) is 14.0. The molecule has 0 spiro atoms. The Hall–Kier alpha value is -2.85. The first-order valence-electron chi connectivity index (χ1n) is 8.70. The number of rotatable bonds is 9. The van der Waals surface area contributed by atoms with E-state index in [1.807, 2.05) is 0 Å². The molecule has 0 saturated carbocycles. The molecule has 0 unspecified atom stereocenters. The van der Waals surface area contributed by atoms with Crippen molar-refractivity contribution >= 4 is 28.4 Å². The average Bonchev–Trinajstić information content (AvgIpc) is 3.09. The molecule has 1 amide bonds. The van der Waals surface area contributed by atoms with Gasteiger partial charge in [-0.2, -0.15) is 5.10 Å². The second-order valence-electron chi connectivity index (χ2n) is 6.10. The van der Waals surface area contributed by atoms with E-state index in [0.29, 0.717) is 23.3 Å². The summed E-state index contributed by atoms with van der Waals surface area (Å²) in [7, 11) is 0. The van der Waals surface area contributed by atoms with Crippen LogP contribution < -0.4 is 10.1 Å². The molecule has 3 aromatic heterocycles. The SMILES string of the molecule is O=C(Cc1nccc2nn(Cc3cnc(OCC(F)F)c(Cl)c3)cc12)NCCO. The molecule has 0 aliphatic rings. The normalized spacial score (nSPS) is 11.2. The maximum Gasteiger partial charge on any atom is 0.272 e. The van der Waals surface area contributed by atoms with Crippen LogP contribution in [0, 0.1) is 0 Å². The van der Waals surface area contributed by atoms with Gasteiger partial charge >= 0.3 is 0 Å². The summed E-state index contributed by atoms with van der Waals surface area (Å²) in [5.41, 5.74) is 1.93. The number of amides is 1. The van der Waals surface area contributed by atoms with Crippen LogP contribution in [0.3, 0.4) is 0 Å². The van der Waals surface area contributed by atoms with E-state index < -0.39 is 13.0 Å². The molecule has 8 nitrogen and oxygen atoms in total. The fourth-order valence-electron chi connectivity index (χ4n) is 2.67. The van der Waals surface area contributed by atoms with E-state index >= 15 is 0 Å². The quantitative estimate of drug-likeness (QED) is 0.542. The zero-order valence-corrected chi connectivity index (χ0v) is 15.9. The number of aliphatic hydroxyl groups is 1. The van der Waals surface area contributed by atoms with E-state index in [1.54, 1.807) is 29.2 Å². The molecule has 0 atom stereocenters. The number of carbonyl (C=O) groups excluding carboxylic acids is 1. The third-order valence-corrected chi connectivity index (χ3v) is 4.15. The molecule has 3 heterocycles. The van der Waals surface area contributed by atoms with Crippen molar-refractivity contribution in [1.82, 2.24) is 25.1 Å². The Morgan fingerprint density at radius 1 is 1.38 bits per heavy atom. The van der Waals surface area contributed by atoms with Gasteiger partial charge < -0.3 is 15.2 Å². The Labute approximate surface area is 169 Å². The van der Waals surface area contributed by atoms with Crippen LogP contribution in [0.15, 0.2) is 30.7 Å². The molecule has 0 bridgehead atoms. The largest absolute Gasteiger partial charge is 0.471 e. The van der Waals surface area contributed by atoms with Crippen molar-refractivity contribution in [2.24, 2.45) is 0 Å². The molecule has 3 aromatic rings. The molecule has 0 radical (unpaired) electrons. The van der Waals surface area contributed by atoms with Gasteiger partial charge in [0.2, 0.25) is 11.8 Å². The highest BCUT2D eigenvalue weighted by molar-refractivity contribution is 6.31. The average molecular weight is 426 g/mol. The first kappa shape index (κ1) is 20.9. The highest BCUT2D eigenvalue weighted by Gasteiger charge is 2.13. The predicted octanol–water partition coefficient (Wildman–Crippen LogP) is 1.82. The van der Waals surface area contributed by atoms with E-state index in [-0.39, 0.29) is 36.4 Å². The number of halogens is 3. The van der Waals surface area contributed by atoms with Gasteiger partial charge in [-0.25, -0.2) is 13.8 Å². The summed E-state index contributed by atoms with van der Waals surface area (Å²) in [6.07, 6.45) is 2.25. The van der Waals surface area contributed by atoms with Gasteiger partial charge in [-0.3, -0.25) is 14.5 Å². The molecule has 0 aliphatic carbocycles. The van der Waals surface area contributed by atoms with Gasteiger partial charge in [0.1, 0.15) is 5.02 Å². The summed E-state index contributed by atoms with van der Waals surface area (Å²) >= 11 is 6.05. The van der Waals surface area contributed by atoms with Crippen LogP contribution in [-0.4, -0.2) is 56.9 Å². The number of hydrogen-bond donors (Lipinski definition) is 2. The van der Waals surface area contributed by atoms with Gasteiger partial charge in [0, 0.05) is 30.5 Å². The molecule has 0 saturated heterocycles. The van der Waals surface area contributed by atoms with Crippen molar-refractivity contribution in [3.05, 3.63) is 47.0 Å². The van der Waals surface area contributed by atoms with Gasteiger partial charge in [0.25, 0.3) is 6.43 Å². The Kier molecular flexibility index (Phi) is 6.89. The maximum absolute atomic E-state index is 12.2. The molecule has 29 heavy (non-hydrogen) atoms. The molecule has 0 aromatic carbocycles. The van der Waals surface area contributed by atoms with E-state index in [0.717, 1.165) is 5.39 Å². The van der Waals surface area contributed by atoms with Crippen molar-refractivity contribution in [2.45, 2.75) is 19.4 Å². The molecular formula is C18H18ClF2N5O3. The smallest absolute Gasteiger partial charge is 0.272 e. The molecule has 11 heteroatoms. The summed E-state index contributed by atoms with van der Waals surface area (Å²) in [6, 6.07) is 3.30. The Morgan fingerprint density at radius 2 is 2.21 bits per heavy atom. The number of hydrogen-bond acceptors (Lipinski definition) is 6. The van der Waals surface area contributed by atoms with Crippen LogP contribution in [0.25, 0.3) is 10.9 Å². The zero-order valence-electron chi connectivity index (χ0n) is 15.2. The van der Waals surface area contributed by atoms with E-state index in [1.165, 1.54) is 6.20 Å². The topological polar surface area (TPSA) is 102 Å². The van der Waals surface area contributed by atoms with Crippen molar-refractivity contribution in [1.29, 1.82) is 0 Å². The molecule has 154 valence electrons. The summed E-state index contributed by atoms with van der Waals surface area (Å²) in [5.74, 6) is -0.302. The number of alkyl halides is 2. The summed E-state index contributed by atoms with van der Waals surface area (Å²) in [5, 5.41) is 16.7. The minimum Gasteiger partial charge on any atom is -0.471 e. The Bertz CT molecular complexity index is 999. The van der Waals surface area contributed by atoms with Crippen molar-refractivity contribution < 1.29 is 23.4 Å². The van der Waals surface area contributed by atoms with Gasteiger partial charge in [0.15, 0.2) is 6.61 Å². The molecule has 0 fully saturated rings. The summed E-state index contributed by atoms with van der Waals surface area (Å²) in [4.78, 5) is 20.1. The highest BCUT2D eigenvalue weighted by atomic mass is 35.5. The molecule has 2 N–H and O–H groups in total. The van der Waals surface area contributed by atoms with E-state index in [9.17, 15) is 13.6 Å². The van der Waals surface area contributed by atoms with Crippen LogP contribution in [0.5, 0.6) is 5.88 Å². The van der Waals surface area contributed by atoms with Gasteiger partial charge in [-0.15, -0.1) is 0 Å². The lowest BCUT2D eigenvalue weighted by Gasteiger charge is -2.08. The third kappa shape index (κ3) is 5.58. The fraction of sp³-hybridized carbons (Fsp3) is 0.333. The number of ether oxygens (including phenoxy) is 1. The minimum atomic E-state index is -2.61. The number of aromatic nitrogens is 4. The lowest BCUT2D eigenvalue weighted by atomic mass is 10.2. The van der Waals surface area contributed by atoms with Crippen LogP contribution in [-0.2, 0) is 17.8 Å². The standard InChI is InChI=1S/C18H18ClF2N5O3/c19-13-5-11(7-24-18(13)29-10-16(20)21)8-26-9-12-14(25-26)1-2-22-15(12)6-17(28)23-3-4-27/h1-2,5,7,9,16,27H,3-4,6,8,10H2,(H,23,28). The summed E-state index contributed by atoms with van der Waals surface area (Å²) < 4.78 is 31.0. The van der Waals surface area contributed by atoms with Crippen LogP contribution in [0.4, 0.5) is 8.78 Å². The highest BCUT2D eigenvalue weighted by Crippen LogP contribution is 2.24. The molecule has 3 rings (SSSR count). The van der Waals surface area contributed by atoms with Crippen molar-refractivity contribution in [3.63, 3.8) is 0 Å². The number of nitrogens with one attached hydrogen (secondary N) is 1. The van der Waals surface area contributed by atoms with E-state index in [4.69, 9.17) is 21.4 Å². The molecule has 0 aliphatic heterocycles. The minimum absolute atomic E-state index is 0.0540. The second kappa shape index (κ2) is 9.57. The number of nitrogens with zero attached hydrogens (tertiary/aromatic N) is 4. The lowest BCUT2D eigenvalue weighted by Crippen LogP contribution is -2.28.